The molecule has 0 unspecified atom stereocenters. The lowest BCUT2D eigenvalue weighted by Crippen LogP contribution is -2.24. The molecule has 5 heteroatoms. The Bertz CT molecular complexity index is 797. The molecule has 0 spiro atoms. The number of aromatic nitrogens is 3. The second kappa shape index (κ2) is 7.55. The van der Waals surface area contributed by atoms with Gasteiger partial charge in [0.15, 0.2) is 0 Å². The number of hydrogen-bond acceptors (Lipinski definition) is 3. The zero-order valence-electron chi connectivity index (χ0n) is 13.6. The van der Waals surface area contributed by atoms with E-state index in [2.05, 4.69) is 21.6 Å². The first-order valence-electron chi connectivity index (χ1n) is 8.03. The van der Waals surface area contributed by atoms with Crippen molar-refractivity contribution in [2.45, 2.75) is 19.8 Å². The van der Waals surface area contributed by atoms with Crippen molar-refractivity contribution < 1.29 is 4.79 Å². The molecule has 2 aromatic heterocycles. The van der Waals surface area contributed by atoms with Crippen LogP contribution >= 0.6 is 0 Å². The van der Waals surface area contributed by atoms with Crippen LogP contribution in [-0.4, -0.2) is 27.2 Å². The van der Waals surface area contributed by atoms with Crippen molar-refractivity contribution >= 4 is 5.91 Å². The van der Waals surface area contributed by atoms with Gasteiger partial charge in [-0.1, -0.05) is 18.2 Å². The fourth-order valence-corrected chi connectivity index (χ4v) is 2.53. The number of amides is 1. The van der Waals surface area contributed by atoms with Crippen molar-refractivity contribution in [3.05, 3.63) is 77.9 Å². The summed E-state index contributed by atoms with van der Waals surface area (Å²) in [5.41, 5.74) is 3.87. The summed E-state index contributed by atoms with van der Waals surface area (Å²) in [6.45, 7) is 2.65. The second-order valence-electron chi connectivity index (χ2n) is 5.62. The van der Waals surface area contributed by atoms with Crippen molar-refractivity contribution in [2.75, 3.05) is 6.54 Å². The summed E-state index contributed by atoms with van der Waals surface area (Å²) >= 11 is 0. The highest BCUT2D eigenvalue weighted by Crippen LogP contribution is 2.13. The summed E-state index contributed by atoms with van der Waals surface area (Å²) in [5.74, 6) is -0.0835. The van der Waals surface area contributed by atoms with E-state index < -0.39 is 0 Å². The number of pyridine rings is 1. The number of hydrogen-bond donors (Lipinski definition) is 1. The molecule has 1 aromatic carbocycles. The van der Waals surface area contributed by atoms with Crippen LogP contribution < -0.4 is 5.32 Å². The zero-order chi connectivity index (χ0) is 16.8. The van der Waals surface area contributed by atoms with E-state index in [1.807, 2.05) is 41.9 Å². The van der Waals surface area contributed by atoms with Crippen molar-refractivity contribution in [3.8, 4) is 5.69 Å². The van der Waals surface area contributed by atoms with Crippen LogP contribution in [-0.2, 0) is 6.42 Å². The number of aryl methyl sites for hydroxylation is 2. The van der Waals surface area contributed by atoms with Gasteiger partial charge in [-0.05, 0) is 49.6 Å². The Kier molecular flexibility index (Phi) is 5.01. The number of benzene rings is 1. The molecule has 0 bridgehead atoms. The summed E-state index contributed by atoms with van der Waals surface area (Å²) in [5, 5.41) is 7.48. The van der Waals surface area contributed by atoms with E-state index >= 15 is 0 Å². The Morgan fingerprint density at radius 1 is 1.17 bits per heavy atom. The molecular formula is C19H20N4O. The van der Waals surface area contributed by atoms with Gasteiger partial charge in [0.05, 0.1) is 16.9 Å². The molecule has 0 aliphatic rings. The minimum Gasteiger partial charge on any atom is -0.352 e. The summed E-state index contributed by atoms with van der Waals surface area (Å²) in [6.07, 6.45) is 7.04. The lowest BCUT2D eigenvalue weighted by Gasteiger charge is -2.04. The van der Waals surface area contributed by atoms with Crippen LogP contribution in [0.25, 0.3) is 5.69 Å². The lowest BCUT2D eigenvalue weighted by atomic mass is 10.1. The van der Waals surface area contributed by atoms with Crippen LogP contribution in [0.15, 0.2) is 61.1 Å². The van der Waals surface area contributed by atoms with Crippen LogP contribution in [0, 0.1) is 6.92 Å². The van der Waals surface area contributed by atoms with Crippen molar-refractivity contribution in [2.24, 2.45) is 0 Å². The highest BCUT2D eigenvalue weighted by Gasteiger charge is 2.07. The molecule has 0 atom stereocenters. The molecule has 0 fully saturated rings. The SMILES string of the molecule is Cc1nn(-c2ccccc2)cc1CCCNC(=O)c1cccnc1. The first kappa shape index (κ1) is 15.9. The Labute approximate surface area is 141 Å². The molecule has 0 radical (unpaired) electrons. The normalized spacial score (nSPS) is 10.5. The highest BCUT2D eigenvalue weighted by atomic mass is 16.1. The molecule has 122 valence electrons. The van der Waals surface area contributed by atoms with Gasteiger partial charge in [0, 0.05) is 25.1 Å². The molecule has 24 heavy (non-hydrogen) atoms. The maximum absolute atomic E-state index is 11.9. The number of rotatable bonds is 6. The van der Waals surface area contributed by atoms with Gasteiger partial charge in [0.2, 0.25) is 0 Å². The lowest BCUT2D eigenvalue weighted by molar-refractivity contribution is 0.0953. The molecule has 0 aliphatic carbocycles. The Morgan fingerprint density at radius 3 is 2.75 bits per heavy atom. The summed E-state index contributed by atoms with van der Waals surface area (Å²) in [6, 6.07) is 13.6. The van der Waals surface area contributed by atoms with Gasteiger partial charge < -0.3 is 5.32 Å². The fourth-order valence-electron chi connectivity index (χ4n) is 2.53. The second-order valence-corrected chi connectivity index (χ2v) is 5.62. The van der Waals surface area contributed by atoms with E-state index in [0.29, 0.717) is 12.1 Å². The average Bonchev–Trinajstić information content (AvgIpc) is 3.01. The number of para-hydroxylation sites is 1. The highest BCUT2D eigenvalue weighted by molar-refractivity contribution is 5.93. The van der Waals surface area contributed by atoms with E-state index in [4.69, 9.17) is 0 Å². The molecule has 0 aliphatic heterocycles. The molecule has 0 saturated carbocycles. The maximum Gasteiger partial charge on any atom is 0.252 e. The van der Waals surface area contributed by atoms with Gasteiger partial charge in [-0.25, -0.2) is 4.68 Å². The van der Waals surface area contributed by atoms with Gasteiger partial charge >= 0.3 is 0 Å². The fraction of sp³-hybridized carbons (Fsp3) is 0.211. The smallest absolute Gasteiger partial charge is 0.252 e. The molecule has 2 heterocycles. The summed E-state index contributed by atoms with van der Waals surface area (Å²) in [4.78, 5) is 15.9. The first-order valence-corrected chi connectivity index (χ1v) is 8.03. The van der Waals surface area contributed by atoms with E-state index in [-0.39, 0.29) is 5.91 Å². The number of nitrogens with zero attached hydrogens (tertiary/aromatic N) is 3. The molecule has 1 amide bonds. The molecule has 1 N–H and O–H groups in total. The van der Waals surface area contributed by atoms with Crippen molar-refractivity contribution in [1.82, 2.24) is 20.1 Å². The van der Waals surface area contributed by atoms with Gasteiger partial charge in [0.25, 0.3) is 5.91 Å². The summed E-state index contributed by atoms with van der Waals surface area (Å²) in [7, 11) is 0. The quantitative estimate of drug-likeness (QED) is 0.710. The predicted molar refractivity (Wildman–Crippen MR) is 93.2 cm³/mol. The Morgan fingerprint density at radius 2 is 2.00 bits per heavy atom. The molecule has 0 saturated heterocycles. The third-order valence-corrected chi connectivity index (χ3v) is 3.85. The van der Waals surface area contributed by atoms with Gasteiger partial charge in [-0.3, -0.25) is 9.78 Å². The van der Waals surface area contributed by atoms with E-state index in [9.17, 15) is 4.79 Å². The largest absolute Gasteiger partial charge is 0.352 e. The third-order valence-electron chi connectivity index (χ3n) is 3.85. The monoisotopic (exact) mass is 320 g/mol. The van der Waals surface area contributed by atoms with E-state index in [1.165, 1.54) is 5.56 Å². The molecule has 3 rings (SSSR count). The van der Waals surface area contributed by atoms with Crippen LogP contribution in [0.5, 0.6) is 0 Å². The molecule has 5 nitrogen and oxygen atoms in total. The van der Waals surface area contributed by atoms with E-state index in [1.54, 1.807) is 24.5 Å². The minimum atomic E-state index is -0.0835. The zero-order valence-corrected chi connectivity index (χ0v) is 13.6. The Balaban J connectivity index is 1.52. The number of carbonyl (C=O) groups is 1. The van der Waals surface area contributed by atoms with Gasteiger partial charge in [0.1, 0.15) is 0 Å². The number of carbonyl (C=O) groups excluding carboxylic acids is 1. The molecular weight excluding hydrogens is 300 g/mol. The van der Waals surface area contributed by atoms with Gasteiger partial charge in [-0.15, -0.1) is 0 Å². The predicted octanol–water partition coefficient (Wildman–Crippen LogP) is 2.94. The minimum absolute atomic E-state index is 0.0835. The number of nitrogens with one attached hydrogen (secondary N) is 1. The van der Waals surface area contributed by atoms with Crippen molar-refractivity contribution in [1.29, 1.82) is 0 Å². The average molecular weight is 320 g/mol. The molecule has 3 aromatic rings. The summed E-state index contributed by atoms with van der Waals surface area (Å²) < 4.78 is 1.90. The standard InChI is InChI=1S/C19H20N4O/c1-15-17(14-23(22-15)18-9-3-2-4-10-18)8-6-12-21-19(24)16-7-5-11-20-13-16/h2-5,7,9-11,13-14H,6,8,12H2,1H3,(H,21,24). The van der Waals surface area contributed by atoms with Gasteiger partial charge in [-0.2, -0.15) is 5.10 Å². The maximum atomic E-state index is 11.9. The first-order chi connectivity index (χ1) is 11.7. The third kappa shape index (κ3) is 3.87. The van der Waals surface area contributed by atoms with E-state index in [0.717, 1.165) is 24.2 Å². The van der Waals surface area contributed by atoms with Crippen molar-refractivity contribution in [3.63, 3.8) is 0 Å². The Hall–Kier alpha value is -2.95. The van der Waals surface area contributed by atoms with Crippen LogP contribution in [0.1, 0.15) is 28.0 Å². The van der Waals surface area contributed by atoms with Crippen LogP contribution in [0.2, 0.25) is 0 Å². The van der Waals surface area contributed by atoms with Crippen LogP contribution in [0.4, 0.5) is 0 Å². The van der Waals surface area contributed by atoms with Crippen LogP contribution in [0.3, 0.4) is 0 Å². The topological polar surface area (TPSA) is 59.8 Å².